The monoisotopic (exact) mass is 311 g/mol. The van der Waals surface area contributed by atoms with E-state index in [9.17, 15) is 4.79 Å². The van der Waals surface area contributed by atoms with Gasteiger partial charge in [-0.3, -0.25) is 9.48 Å². The highest BCUT2D eigenvalue weighted by Crippen LogP contribution is 2.32. The molecule has 3 rings (SSSR count). The third kappa shape index (κ3) is 2.78. The van der Waals surface area contributed by atoms with Crippen LogP contribution < -0.4 is 4.90 Å². The van der Waals surface area contributed by atoms with Crippen LogP contribution in [0.5, 0.6) is 0 Å². The molecule has 1 aromatic carbocycles. The largest absolute Gasteiger partial charge is 0.306 e. The summed E-state index contributed by atoms with van der Waals surface area (Å²) in [7, 11) is 1.85. The molecule has 0 saturated carbocycles. The zero-order valence-electron chi connectivity index (χ0n) is 14.7. The first-order chi connectivity index (χ1) is 10.8. The van der Waals surface area contributed by atoms with Crippen LogP contribution in [0.2, 0.25) is 0 Å². The number of rotatable bonds is 1. The van der Waals surface area contributed by atoms with Crippen LogP contribution in [0.1, 0.15) is 54.5 Å². The van der Waals surface area contributed by atoms with Gasteiger partial charge in [-0.1, -0.05) is 39.0 Å². The molecule has 0 radical (unpaired) electrons. The molecular weight excluding hydrogens is 286 g/mol. The summed E-state index contributed by atoms with van der Waals surface area (Å²) in [5, 5.41) is 4.55. The maximum absolute atomic E-state index is 13.1. The van der Waals surface area contributed by atoms with Crippen molar-refractivity contribution in [1.29, 1.82) is 0 Å². The van der Waals surface area contributed by atoms with Crippen LogP contribution in [0.4, 0.5) is 5.69 Å². The van der Waals surface area contributed by atoms with Crippen molar-refractivity contribution in [3.05, 3.63) is 46.8 Å². The maximum Gasteiger partial charge on any atom is 0.276 e. The molecule has 0 unspecified atom stereocenters. The number of hydrogen-bond acceptors (Lipinski definition) is 2. The van der Waals surface area contributed by atoms with E-state index in [0.29, 0.717) is 5.69 Å². The second kappa shape index (κ2) is 5.52. The minimum absolute atomic E-state index is 0.0470. The van der Waals surface area contributed by atoms with Gasteiger partial charge in [0.25, 0.3) is 5.91 Å². The van der Waals surface area contributed by atoms with E-state index in [1.165, 1.54) is 5.56 Å². The number of fused-ring (bicyclic) bond motifs is 1. The molecule has 1 amide bonds. The van der Waals surface area contributed by atoms with Gasteiger partial charge in [-0.2, -0.15) is 5.10 Å². The van der Waals surface area contributed by atoms with E-state index in [-0.39, 0.29) is 11.3 Å². The normalized spacial score (nSPS) is 14.7. The van der Waals surface area contributed by atoms with Gasteiger partial charge in [0.1, 0.15) is 5.69 Å². The number of carbonyl (C=O) groups excluding carboxylic acids is 1. The number of nitrogens with zero attached hydrogens (tertiary/aromatic N) is 3. The number of anilines is 1. The van der Waals surface area contributed by atoms with Crippen molar-refractivity contribution in [3.63, 3.8) is 0 Å². The first-order valence-electron chi connectivity index (χ1n) is 8.24. The highest BCUT2D eigenvalue weighted by atomic mass is 16.2. The second-order valence-electron chi connectivity index (χ2n) is 7.43. The zero-order chi connectivity index (χ0) is 16.8. The molecule has 2 heterocycles. The summed E-state index contributed by atoms with van der Waals surface area (Å²) in [4.78, 5) is 15.1. The highest BCUT2D eigenvalue weighted by Gasteiger charge is 2.28. The lowest BCUT2D eigenvalue weighted by atomic mass is 9.92. The van der Waals surface area contributed by atoms with Crippen molar-refractivity contribution in [2.45, 2.75) is 46.0 Å². The average molecular weight is 311 g/mol. The van der Waals surface area contributed by atoms with Crippen molar-refractivity contribution in [3.8, 4) is 0 Å². The smallest absolute Gasteiger partial charge is 0.276 e. The highest BCUT2D eigenvalue weighted by molar-refractivity contribution is 6.06. The number of aromatic nitrogens is 2. The summed E-state index contributed by atoms with van der Waals surface area (Å²) >= 11 is 0. The molecule has 0 atom stereocenters. The van der Waals surface area contributed by atoms with Gasteiger partial charge in [-0.25, -0.2) is 0 Å². The van der Waals surface area contributed by atoms with Crippen molar-refractivity contribution >= 4 is 11.6 Å². The van der Waals surface area contributed by atoms with Crippen LogP contribution in [0.15, 0.2) is 24.3 Å². The standard InChI is InChI=1S/C19H25N3O/c1-13-8-6-9-14-10-7-11-22(17(13)14)18(23)15-12-16(19(2,3)4)20-21(15)5/h6,8-9,12H,7,10-11H2,1-5H3. The van der Waals surface area contributed by atoms with E-state index in [4.69, 9.17) is 0 Å². The number of aryl methyl sites for hydroxylation is 3. The number of para-hydroxylation sites is 1. The summed E-state index contributed by atoms with van der Waals surface area (Å²) in [6, 6.07) is 8.22. The molecule has 1 aromatic heterocycles. The molecule has 4 heteroatoms. The number of hydrogen-bond donors (Lipinski definition) is 0. The molecular formula is C19H25N3O. The lowest BCUT2D eigenvalue weighted by molar-refractivity contribution is 0.0976. The first-order valence-corrected chi connectivity index (χ1v) is 8.24. The van der Waals surface area contributed by atoms with Gasteiger partial charge >= 0.3 is 0 Å². The third-order valence-corrected chi connectivity index (χ3v) is 4.53. The topological polar surface area (TPSA) is 38.1 Å². The second-order valence-corrected chi connectivity index (χ2v) is 7.43. The van der Waals surface area contributed by atoms with Crippen molar-refractivity contribution in [1.82, 2.24) is 9.78 Å². The number of benzene rings is 1. The molecule has 2 aromatic rings. The van der Waals surface area contributed by atoms with Crippen molar-refractivity contribution in [2.24, 2.45) is 7.05 Å². The van der Waals surface area contributed by atoms with E-state index >= 15 is 0 Å². The molecule has 1 aliphatic heterocycles. The summed E-state index contributed by atoms with van der Waals surface area (Å²) in [5.74, 6) is 0.0470. The predicted octanol–water partition coefficient (Wildman–Crippen LogP) is 3.62. The van der Waals surface area contributed by atoms with Crippen LogP contribution in [0.3, 0.4) is 0 Å². The maximum atomic E-state index is 13.1. The minimum atomic E-state index is -0.0635. The Kier molecular flexibility index (Phi) is 3.78. The lowest BCUT2D eigenvalue weighted by Crippen LogP contribution is -2.37. The minimum Gasteiger partial charge on any atom is -0.306 e. The van der Waals surface area contributed by atoms with Crippen molar-refractivity contribution in [2.75, 3.05) is 11.4 Å². The predicted molar refractivity (Wildman–Crippen MR) is 93.1 cm³/mol. The summed E-state index contributed by atoms with van der Waals surface area (Å²) in [5.41, 5.74) is 5.06. The Morgan fingerprint density at radius 3 is 2.65 bits per heavy atom. The molecule has 1 aliphatic rings. The lowest BCUT2D eigenvalue weighted by Gasteiger charge is -2.31. The van der Waals surface area contributed by atoms with Gasteiger partial charge in [0, 0.05) is 19.0 Å². The molecule has 23 heavy (non-hydrogen) atoms. The fourth-order valence-electron chi connectivity index (χ4n) is 3.22. The fraction of sp³-hybridized carbons (Fsp3) is 0.474. The van der Waals surface area contributed by atoms with Crippen LogP contribution in [0, 0.1) is 6.92 Å². The molecule has 0 fully saturated rings. The van der Waals surface area contributed by atoms with Crippen LogP contribution in [0.25, 0.3) is 0 Å². The van der Waals surface area contributed by atoms with Crippen LogP contribution in [-0.4, -0.2) is 22.2 Å². The van der Waals surface area contributed by atoms with Gasteiger partial charge in [-0.15, -0.1) is 0 Å². The Bertz CT molecular complexity index is 752. The number of carbonyl (C=O) groups is 1. The molecule has 0 bridgehead atoms. The SMILES string of the molecule is Cc1cccc2c1N(C(=O)c1cc(C(C)(C)C)nn1C)CCC2. The van der Waals surface area contributed by atoms with Crippen LogP contribution >= 0.6 is 0 Å². The molecule has 0 N–H and O–H groups in total. The Morgan fingerprint density at radius 2 is 2.00 bits per heavy atom. The molecule has 0 spiro atoms. The van der Waals surface area contributed by atoms with Gasteiger partial charge in [0.05, 0.1) is 11.4 Å². The quantitative estimate of drug-likeness (QED) is 0.807. The first kappa shape index (κ1) is 15.8. The van der Waals surface area contributed by atoms with Gasteiger partial charge in [-0.05, 0) is 37.0 Å². The third-order valence-electron chi connectivity index (χ3n) is 4.53. The van der Waals surface area contributed by atoms with Crippen LogP contribution in [-0.2, 0) is 18.9 Å². The van der Waals surface area contributed by atoms with E-state index in [0.717, 1.165) is 36.3 Å². The Morgan fingerprint density at radius 1 is 1.26 bits per heavy atom. The Hall–Kier alpha value is -2.10. The Labute approximate surface area is 138 Å². The molecule has 0 aliphatic carbocycles. The summed E-state index contributed by atoms with van der Waals surface area (Å²) in [6.45, 7) is 9.19. The summed E-state index contributed by atoms with van der Waals surface area (Å²) < 4.78 is 1.72. The van der Waals surface area contributed by atoms with E-state index in [1.807, 2.05) is 18.0 Å². The summed E-state index contributed by atoms with van der Waals surface area (Å²) in [6.07, 6.45) is 2.05. The molecule has 0 saturated heterocycles. The molecule has 4 nitrogen and oxygen atoms in total. The van der Waals surface area contributed by atoms with Gasteiger partial charge < -0.3 is 4.90 Å². The van der Waals surface area contributed by atoms with Gasteiger partial charge in [0.2, 0.25) is 0 Å². The van der Waals surface area contributed by atoms with E-state index < -0.39 is 0 Å². The fourth-order valence-corrected chi connectivity index (χ4v) is 3.22. The van der Waals surface area contributed by atoms with Gasteiger partial charge in [0.15, 0.2) is 0 Å². The molecule has 122 valence electrons. The van der Waals surface area contributed by atoms with E-state index in [2.05, 4.69) is 51.0 Å². The zero-order valence-corrected chi connectivity index (χ0v) is 14.7. The Balaban J connectivity index is 2.02. The van der Waals surface area contributed by atoms with Crippen molar-refractivity contribution < 1.29 is 4.79 Å². The average Bonchev–Trinajstić information content (AvgIpc) is 2.88. The van der Waals surface area contributed by atoms with E-state index in [1.54, 1.807) is 4.68 Å². The number of amides is 1.